The van der Waals surface area contributed by atoms with E-state index in [1.165, 1.54) is 0 Å². The van der Waals surface area contributed by atoms with Crippen LogP contribution in [0.3, 0.4) is 0 Å². The number of hydrazone groups is 1. The molecule has 0 bridgehead atoms. The van der Waals surface area contributed by atoms with Gasteiger partial charge in [0.1, 0.15) is 0 Å². The van der Waals surface area contributed by atoms with Crippen molar-refractivity contribution in [1.29, 1.82) is 0 Å². The summed E-state index contributed by atoms with van der Waals surface area (Å²) in [5, 5.41) is 3.22. The molecular formula is CH3IN2. The molecule has 0 saturated carbocycles. The lowest BCUT2D eigenvalue weighted by Crippen LogP contribution is -1.73. The Morgan fingerprint density at radius 3 is 2.25 bits per heavy atom. The van der Waals surface area contributed by atoms with Gasteiger partial charge in [-0.05, 0) is 0 Å². The van der Waals surface area contributed by atoms with Crippen LogP contribution in [-0.2, 0) is 0 Å². The van der Waals surface area contributed by atoms with Gasteiger partial charge < -0.3 is 0 Å². The maximum absolute atomic E-state index is 3.22. The second-order valence-electron chi connectivity index (χ2n) is 0.243. The normalized spacial score (nSPS) is 5.25. The summed E-state index contributed by atoms with van der Waals surface area (Å²) in [7, 11) is 0. The van der Waals surface area contributed by atoms with Crippen LogP contribution in [0.5, 0.6) is 0 Å². The van der Waals surface area contributed by atoms with E-state index < -0.39 is 0 Å². The minimum absolute atomic E-state index is 1.87. The van der Waals surface area contributed by atoms with Crippen molar-refractivity contribution in [2.45, 2.75) is 0 Å². The quantitative estimate of drug-likeness (QED) is 0.264. The summed E-state index contributed by atoms with van der Waals surface area (Å²) in [5.74, 6) is 0. The van der Waals surface area contributed by atoms with Crippen molar-refractivity contribution in [3.63, 3.8) is 0 Å². The number of nitrogens with one attached hydrogen (secondary N) is 1. The number of rotatable bonds is 1. The second-order valence-corrected chi connectivity index (χ2v) is 0.725. The Kier molecular flexibility index (Phi) is 3.36. The van der Waals surface area contributed by atoms with Crippen LogP contribution in [0.15, 0.2) is 5.10 Å². The topological polar surface area (TPSA) is 24.4 Å². The molecule has 24 valence electrons. The molecule has 0 heterocycles. The molecule has 0 spiro atoms. The Balaban J connectivity index is 2.30. The molecular weight excluding hydrogens is 167 g/mol. The third-order valence-electron chi connectivity index (χ3n) is 0.0598. The highest BCUT2D eigenvalue weighted by Gasteiger charge is 1.37. The van der Waals surface area contributed by atoms with Crippen molar-refractivity contribution in [3.05, 3.63) is 0 Å². The van der Waals surface area contributed by atoms with Crippen molar-refractivity contribution < 1.29 is 0 Å². The molecule has 0 atom stereocenters. The van der Waals surface area contributed by atoms with Gasteiger partial charge in [-0.1, -0.05) is 0 Å². The minimum Gasteiger partial charge on any atom is -0.250 e. The third kappa shape index (κ3) is 2.20. The molecule has 0 radical (unpaired) electrons. The molecule has 2 nitrogen and oxygen atoms in total. The molecule has 0 amide bonds. The Labute approximate surface area is 38.8 Å². The summed E-state index contributed by atoms with van der Waals surface area (Å²) in [4.78, 5) is 0. The Morgan fingerprint density at radius 1 is 2.00 bits per heavy atom. The van der Waals surface area contributed by atoms with Crippen molar-refractivity contribution in [3.8, 4) is 0 Å². The van der Waals surface area contributed by atoms with Gasteiger partial charge in [0.05, 0.1) is 22.9 Å². The number of hydrogen-bond donors (Lipinski definition) is 1. The zero-order chi connectivity index (χ0) is 3.41. The van der Waals surface area contributed by atoms with Gasteiger partial charge in [0.2, 0.25) is 0 Å². The third-order valence-corrected chi connectivity index (χ3v) is 0.401. The monoisotopic (exact) mass is 170 g/mol. The Morgan fingerprint density at radius 2 is 2.25 bits per heavy atom. The molecule has 0 unspecified atom stereocenters. The zero-order valence-electron chi connectivity index (χ0n) is 2.03. The van der Waals surface area contributed by atoms with Crippen LogP contribution in [0, 0.1) is 0 Å². The fourth-order valence-corrected chi connectivity index (χ4v) is 0. The molecule has 3 heteroatoms. The average Bonchev–Trinajstić information content (AvgIpc) is 1.37. The highest BCUT2D eigenvalue weighted by Crippen LogP contribution is 1.59. The van der Waals surface area contributed by atoms with Gasteiger partial charge in [0.15, 0.2) is 0 Å². The van der Waals surface area contributed by atoms with Crippen LogP contribution < -0.4 is 3.64 Å². The van der Waals surface area contributed by atoms with E-state index in [2.05, 4.69) is 15.5 Å². The molecule has 4 heavy (non-hydrogen) atoms. The molecule has 0 fully saturated rings. The van der Waals surface area contributed by atoms with Gasteiger partial charge in [0, 0.05) is 6.72 Å². The smallest absolute Gasteiger partial charge is 0.0750 e. The maximum Gasteiger partial charge on any atom is 0.0750 e. The number of hydrogen-bond acceptors (Lipinski definition) is 2. The van der Waals surface area contributed by atoms with E-state index in [4.69, 9.17) is 0 Å². The lowest BCUT2D eigenvalue weighted by molar-refractivity contribution is 1.19. The summed E-state index contributed by atoms with van der Waals surface area (Å²) < 4.78 is 2.41. The van der Waals surface area contributed by atoms with E-state index in [0.717, 1.165) is 0 Å². The fourth-order valence-electron chi connectivity index (χ4n) is 0. The van der Waals surface area contributed by atoms with Crippen LogP contribution in [0.25, 0.3) is 0 Å². The van der Waals surface area contributed by atoms with E-state index >= 15 is 0 Å². The van der Waals surface area contributed by atoms with Crippen molar-refractivity contribution in [1.82, 2.24) is 3.64 Å². The number of halogens is 1. The van der Waals surface area contributed by atoms with E-state index in [1.54, 1.807) is 0 Å². The molecule has 0 rings (SSSR count). The lowest BCUT2D eigenvalue weighted by Gasteiger charge is -1.67. The van der Waals surface area contributed by atoms with Gasteiger partial charge in [-0.3, -0.25) is 3.64 Å². The SMILES string of the molecule is C=NNI. The molecule has 0 aromatic heterocycles. The van der Waals surface area contributed by atoms with Crippen LogP contribution in [-0.4, -0.2) is 6.72 Å². The molecule has 0 saturated heterocycles. The van der Waals surface area contributed by atoms with Crippen LogP contribution in [0.2, 0.25) is 0 Å². The summed E-state index contributed by atoms with van der Waals surface area (Å²) in [5.41, 5.74) is 0. The van der Waals surface area contributed by atoms with Gasteiger partial charge in [0.25, 0.3) is 0 Å². The summed E-state index contributed by atoms with van der Waals surface area (Å²) >= 11 is 1.87. The summed E-state index contributed by atoms with van der Waals surface area (Å²) in [6.07, 6.45) is 0. The lowest BCUT2D eigenvalue weighted by atomic mass is 11.7. The first-order valence-electron chi connectivity index (χ1n) is 0.729. The minimum atomic E-state index is 1.87. The zero-order valence-corrected chi connectivity index (χ0v) is 4.19. The first-order valence-corrected chi connectivity index (χ1v) is 1.81. The van der Waals surface area contributed by atoms with E-state index in [0.29, 0.717) is 0 Å². The summed E-state index contributed by atoms with van der Waals surface area (Å²) in [6.45, 7) is 3.11. The van der Waals surface area contributed by atoms with Crippen molar-refractivity contribution in [2.75, 3.05) is 0 Å². The second kappa shape index (κ2) is 3.20. The standard InChI is InChI=1S/CH3IN2/c1-3-4-2/h4H,1H2. The van der Waals surface area contributed by atoms with E-state index in [9.17, 15) is 0 Å². The predicted octanol–water partition coefficient (Wildman–Crippen LogP) is 0.542. The molecule has 0 aromatic carbocycles. The van der Waals surface area contributed by atoms with Gasteiger partial charge >= 0.3 is 0 Å². The Hall–Kier alpha value is 0.200. The first-order chi connectivity index (χ1) is 1.91. The molecule has 0 aliphatic carbocycles. The van der Waals surface area contributed by atoms with E-state index in [1.807, 2.05) is 22.9 Å². The van der Waals surface area contributed by atoms with Gasteiger partial charge in [-0.25, -0.2) is 0 Å². The predicted molar refractivity (Wildman–Crippen MR) is 26.7 cm³/mol. The summed E-state index contributed by atoms with van der Waals surface area (Å²) in [6, 6.07) is 0. The Bertz CT molecular complexity index is 20.0. The maximum atomic E-state index is 3.22. The first kappa shape index (κ1) is 4.20. The van der Waals surface area contributed by atoms with Gasteiger partial charge in [-0.2, -0.15) is 5.10 Å². The van der Waals surface area contributed by atoms with Crippen LogP contribution >= 0.6 is 22.9 Å². The van der Waals surface area contributed by atoms with Gasteiger partial charge in [-0.15, -0.1) is 0 Å². The average molecular weight is 170 g/mol. The van der Waals surface area contributed by atoms with Crippen molar-refractivity contribution in [2.24, 2.45) is 5.10 Å². The van der Waals surface area contributed by atoms with E-state index in [-0.39, 0.29) is 0 Å². The van der Waals surface area contributed by atoms with Crippen LogP contribution in [0.4, 0.5) is 0 Å². The molecule has 0 aliphatic rings. The molecule has 0 aliphatic heterocycles. The molecule has 0 aromatic rings. The fraction of sp³-hybridized carbons (Fsp3) is 0. The highest BCUT2D eigenvalue weighted by atomic mass is 127. The molecule has 1 N–H and O–H groups in total. The highest BCUT2D eigenvalue weighted by molar-refractivity contribution is 14.1. The van der Waals surface area contributed by atoms with Crippen LogP contribution in [0.1, 0.15) is 0 Å². The number of nitrogens with zero attached hydrogens (tertiary/aromatic N) is 1. The largest absolute Gasteiger partial charge is 0.250 e. The van der Waals surface area contributed by atoms with Crippen molar-refractivity contribution >= 4 is 29.6 Å².